The molecule has 1 aromatic heterocycles. The van der Waals surface area contributed by atoms with Crippen LogP contribution >= 0.6 is 11.8 Å². The van der Waals surface area contributed by atoms with E-state index in [0.717, 1.165) is 12.2 Å². The van der Waals surface area contributed by atoms with Gasteiger partial charge in [0.05, 0.1) is 0 Å². The molecule has 1 saturated carbocycles. The van der Waals surface area contributed by atoms with Crippen molar-refractivity contribution in [2.24, 2.45) is 0 Å². The number of aryl methyl sites for hydroxylation is 1. The van der Waals surface area contributed by atoms with Crippen LogP contribution in [0.4, 0.5) is 0 Å². The van der Waals surface area contributed by atoms with Crippen molar-refractivity contribution in [1.82, 2.24) is 20.5 Å². The molecular weight excluding hydrogens is 260 g/mol. The maximum atomic E-state index is 12.0. The van der Waals surface area contributed by atoms with E-state index in [2.05, 4.69) is 26.8 Å². The van der Waals surface area contributed by atoms with Gasteiger partial charge in [-0.2, -0.15) is 11.8 Å². The minimum atomic E-state index is -0.171. The monoisotopic (exact) mass is 282 g/mol. The van der Waals surface area contributed by atoms with Gasteiger partial charge in [0.2, 0.25) is 5.82 Å². The van der Waals surface area contributed by atoms with Crippen LogP contribution in [0.15, 0.2) is 0 Å². The van der Waals surface area contributed by atoms with Gasteiger partial charge in [-0.3, -0.25) is 9.89 Å². The third-order valence-corrected chi connectivity index (χ3v) is 5.26. The zero-order chi connectivity index (χ0) is 13.7. The average molecular weight is 282 g/mol. The fraction of sp³-hybridized carbons (Fsp3) is 0.769. The second-order valence-corrected chi connectivity index (χ2v) is 6.36. The van der Waals surface area contributed by atoms with Gasteiger partial charge >= 0.3 is 0 Å². The molecule has 1 amide bonds. The molecule has 1 aromatic rings. The molecule has 1 heterocycles. The van der Waals surface area contributed by atoms with Crippen LogP contribution in [-0.2, 0) is 6.42 Å². The molecule has 0 atom stereocenters. The Morgan fingerprint density at radius 3 is 2.74 bits per heavy atom. The summed E-state index contributed by atoms with van der Waals surface area (Å²) in [6.07, 6.45) is 9.10. The molecular formula is C13H22N4OS. The van der Waals surface area contributed by atoms with E-state index in [-0.39, 0.29) is 16.5 Å². The van der Waals surface area contributed by atoms with Gasteiger partial charge in [0.15, 0.2) is 0 Å². The molecule has 2 N–H and O–H groups in total. The highest BCUT2D eigenvalue weighted by Gasteiger charge is 2.31. The van der Waals surface area contributed by atoms with Gasteiger partial charge in [0.1, 0.15) is 5.82 Å². The molecule has 1 aliphatic rings. The molecule has 5 nitrogen and oxygen atoms in total. The van der Waals surface area contributed by atoms with E-state index in [4.69, 9.17) is 0 Å². The SMILES string of the molecule is CCc1nc(C(=O)NCC2(SC)CCCCC2)n[nH]1. The normalized spacial score (nSPS) is 18.2. The molecule has 19 heavy (non-hydrogen) atoms. The van der Waals surface area contributed by atoms with Gasteiger partial charge < -0.3 is 5.32 Å². The van der Waals surface area contributed by atoms with Crippen molar-refractivity contribution in [3.05, 3.63) is 11.6 Å². The lowest BCUT2D eigenvalue weighted by Crippen LogP contribution is -2.42. The summed E-state index contributed by atoms with van der Waals surface area (Å²) < 4.78 is 0.206. The zero-order valence-electron chi connectivity index (χ0n) is 11.7. The fourth-order valence-corrected chi connectivity index (χ4v) is 3.44. The first-order valence-electron chi connectivity index (χ1n) is 6.94. The summed E-state index contributed by atoms with van der Waals surface area (Å²) in [6, 6.07) is 0. The number of rotatable bonds is 5. The number of hydrogen-bond donors (Lipinski definition) is 2. The molecule has 6 heteroatoms. The van der Waals surface area contributed by atoms with Crippen molar-refractivity contribution in [2.45, 2.75) is 50.2 Å². The second-order valence-electron chi connectivity index (χ2n) is 5.09. The van der Waals surface area contributed by atoms with Gasteiger partial charge in [-0.05, 0) is 19.1 Å². The summed E-state index contributed by atoms with van der Waals surface area (Å²) in [5.41, 5.74) is 0. The van der Waals surface area contributed by atoms with Crippen LogP contribution in [0.5, 0.6) is 0 Å². The van der Waals surface area contributed by atoms with E-state index in [1.807, 2.05) is 18.7 Å². The minimum Gasteiger partial charge on any atom is -0.348 e. The smallest absolute Gasteiger partial charge is 0.291 e. The van der Waals surface area contributed by atoms with Crippen LogP contribution in [0.3, 0.4) is 0 Å². The van der Waals surface area contributed by atoms with E-state index in [0.29, 0.717) is 6.54 Å². The summed E-state index contributed by atoms with van der Waals surface area (Å²) in [7, 11) is 0. The number of nitrogens with one attached hydrogen (secondary N) is 2. The molecule has 0 aromatic carbocycles. The summed E-state index contributed by atoms with van der Waals surface area (Å²) in [5.74, 6) is 0.834. The minimum absolute atomic E-state index is 0.171. The number of nitrogens with zero attached hydrogens (tertiary/aromatic N) is 2. The summed E-state index contributed by atoms with van der Waals surface area (Å²) >= 11 is 1.88. The first kappa shape index (κ1) is 14.4. The molecule has 0 saturated heterocycles. The zero-order valence-corrected chi connectivity index (χ0v) is 12.5. The molecule has 106 valence electrons. The lowest BCUT2D eigenvalue weighted by atomic mass is 9.88. The van der Waals surface area contributed by atoms with Gasteiger partial charge in [-0.1, -0.05) is 26.2 Å². The maximum absolute atomic E-state index is 12.0. The predicted molar refractivity (Wildman–Crippen MR) is 77.4 cm³/mol. The number of thioether (sulfide) groups is 1. The Kier molecular flexibility index (Phi) is 4.85. The number of H-pyrrole nitrogens is 1. The van der Waals surface area contributed by atoms with E-state index in [9.17, 15) is 4.79 Å². The van der Waals surface area contributed by atoms with Gasteiger partial charge in [0, 0.05) is 17.7 Å². The highest BCUT2D eigenvalue weighted by molar-refractivity contribution is 8.00. The van der Waals surface area contributed by atoms with Gasteiger partial charge in [0.25, 0.3) is 5.91 Å². The number of amides is 1. The lowest BCUT2D eigenvalue weighted by molar-refractivity contribution is 0.0937. The van der Waals surface area contributed by atoms with Crippen molar-refractivity contribution < 1.29 is 4.79 Å². The Morgan fingerprint density at radius 1 is 1.42 bits per heavy atom. The van der Waals surface area contributed by atoms with E-state index < -0.39 is 0 Å². The Bertz CT molecular complexity index is 426. The van der Waals surface area contributed by atoms with Crippen LogP contribution in [0.1, 0.15) is 55.5 Å². The quantitative estimate of drug-likeness (QED) is 0.868. The molecule has 2 rings (SSSR count). The predicted octanol–water partition coefficient (Wildman–Crippen LogP) is 2.16. The highest BCUT2D eigenvalue weighted by atomic mass is 32.2. The highest BCUT2D eigenvalue weighted by Crippen LogP contribution is 2.37. The topological polar surface area (TPSA) is 70.7 Å². The van der Waals surface area contributed by atoms with E-state index in [1.165, 1.54) is 32.1 Å². The van der Waals surface area contributed by atoms with Crippen molar-refractivity contribution in [1.29, 1.82) is 0 Å². The van der Waals surface area contributed by atoms with Gasteiger partial charge in [-0.15, -0.1) is 5.10 Å². The lowest BCUT2D eigenvalue weighted by Gasteiger charge is -2.35. The standard InChI is InChI=1S/C13H22N4OS/c1-3-10-15-11(17-16-10)12(18)14-9-13(19-2)7-5-4-6-8-13/h3-9H2,1-2H3,(H,14,18)(H,15,16,17). The van der Waals surface area contributed by atoms with Crippen molar-refractivity contribution >= 4 is 17.7 Å². The van der Waals surface area contributed by atoms with E-state index >= 15 is 0 Å². The third-order valence-electron chi connectivity index (χ3n) is 3.84. The van der Waals surface area contributed by atoms with Crippen LogP contribution in [-0.4, -0.2) is 38.6 Å². The fourth-order valence-electron chi connectivity index (χ4n) is 2.52. The largest absolute Gasteiger partial charge is 0.348 e. The summed E-state index contributed by atoms with van der Waals surface area (Å²) in [4.78, 5) is 16.2. The number of aromatic nitrogens is 3. The Morgan fingerprint density at radius 2 is 2.16 bits per heavy atom. The molecule has 0 spiro atoms. The van der Waals surface area contributed by atoms with Crippen LogP contribution in [0.25, 0.3) is 0 Å². The Hall–Kier alpha value is -1.04. The Labute approximate surface area is 118 Å². The molecule has 0 radical (unpaired) electrons. The summed E-state index contributed by atoms with van der Waals surface area (Å²) in [5, 5.41) is 9.71. The second kappa shape index (κ2) is 6.41. The van der Waals surface area contributed by atoms with Crippen LogP contribution in [0.2, 0.25) is 0 Å². The first-order chi connectivity index (χ1) is 9.19. The molecule has 0 aliphatic heterocycles. The van der Waals surface area contributed by atoms with Crippen molar-refractivity contribution in [2.75, 3.05) is 12.8 Å². The van der Waals surface area contributed by atoms with E-state index in [1.54, 1.807) is 0 Å². The van der Waals surface area contributed by atoms with Crippen molar-refractivity contribution in [3.8, 4) is 0 Å². The summed E-state index contributed by atoms with van der Waals surface area (Å²) in [6.45, 7) is 2.69. The number of aromatic amines is 1. The van der Waals surface area contributed by atoms with Gasteiger partial charge in [-0.25, -0.2) is 4.98 Å². The molecule has 0 unspecified atom stereocenters. The maximum Gasteiger partial charge on any atom is 0.291 e. The van der Waals surface area contributed by atoms with Crippen LogP contribution < -0.4 is 5.32 Å². The average Bonchev–Trinajstić information content (AvgIpc) is 2.95. The van der Waals surface area contributed by atoms with Crippen LogP contribution in [0, 0.1) is 0 Å². The molecule has 0 bridgehead atoms. The first-order valence-corrected chi connectivity index (χ1v) is 8.16. The number of carbonyl (C=O) groups excluding carboxylic acids is 1. The number of hydrogen-bond acceptors (Lipinski definition) is 4. The molecule has 1 aliphatic carbocycles. The number of carbonyl (C=O) groups is 1. The van der Waals surface area contributed by atoms with Crippen molar-refractivity contribution in [3.63, 3.8) is 0 Å². The third kappa shape index (κ3) is 3.49. The molecule has 1 fully saturated rings. The Balaban J connectivity index is 1.91.